The average Bonchev–Trinajstić information content (AvgIpc) is 3.19. The first-order valence-electron chi connectivity index (χ1n) is 8.35. The summed E-state index contributed by atoms with van der Waals surface area (Å²) >= 11 is 0. The molecule has 2 aromatic heterocycles. The van der Waals surface area contributed by atoms with Crippen molar-refractivity contribution in [3.63, 3.8) is 0 Å². The normalized spacial score (nSPS) is 22.1. The number of H-pyrrole nitrogens is 1. The van der Waals surface area contributed by atoms with E-state index in [9.17, 15) is 0 Å². The Morgan fingerprint density at radius 1 is 1.21 bits per heavy atom. The third-order valence-corrected chi connectivity index (χ3v) is 4.37. The Balaban J connectivity index is 1.78. The van der Waals surface area contributed by atoms with Crippen molar-refractivity contribution in [2.75, 3.05) is 13.2 Å². The van der Waals surface area contributed by atoms with E-state index in [4.69, 9.17) is 9.47 Å². The molecule has 1 aliphatic heterocycles. The number of nitrogens with zero attached hydrogens (tertiary/aromatic N) is 4. The molecular weight excluding hydrogens is 306 g/mol. The lowest BCUT2D eigenvalue weighted by Crippen LogP contribution is -2.16. The molecule has 0 spiro atoms. The number of nitrogens with one attached hydrogen (secondary N) is 1. The highest BCUT2D eigenvalue weighted by Gasteiger charge is 2.16. The highest BCUT2D eigenvalue weighted by molar-refractivity contribution is 5.92. The van der Waals surface area contributed by atoms with Gasteiger partial charge in [0.05, 0.1) is 30.5 Å². The van der Waals surface area contributed by atoms with Gasteiger partial charge in [0, 0.05) is 18.4 Å². The summed E-state index contributed by atoms with van der Waals surface area (Å²) in [5.41, 5.74) is 2.52. The molecule has 0 unspecified atom stereocenters. The maximum atomic E-state index is 6.02. The lowest BCUT2D eigenvalue weighted by atomic mass is 10.1. The van der Waals surface area contributed by atoms with Crippen molar-refractivity contribution in [1.82, 2.24) is 25.2 Å². The second kappa shape index (κ2) is 6.24. The fourth-order valence-electron chi connectivity index (χ4n) is 2.87. The van der Waals surface area contributed by atoms with Crippen molar-refractivity contribution in [1.29, 1.82) is 0 Å². The molecule has 0 saturated heterocycles. The molecule has 7 nitrogen and oxygen atoms in total. The van der Waals surface area contributed by atoms with Gasteiger partial charge in [-0.25, -0.2) is 0 Å². The number of rotatable bonds is 0. The molecule has 2 atom stereocenters. The topological polar surface area (TPSA) is 77.9 Å². The zero-order valence-corrected chi connectivity index (χ0v) is 13.9. The van der Waals surface area contributed by atoms with Crippen LogP contribution < -0.4 is 4.74 Å². The smallest absolute Gasteiger partial charge is 0.133 e. The van der Waals surface area contributed by atoms with E-state index in [0.29, 0.717) is 13.2 Å². The molecule has 1 N–H and O–H groups in total. The Bertz CT molecular complexity index is 840. The first kappa shape index (κ1) is 15.1. The Morgan fingerprint density at radius 3 is 3.00 bits per heavy atom. The molecule has 4 bridgehead atoms. The lowest BCUT2D eigenvalue weighted by Gasteiger charge is -2.15. The van der Waals surface area contributed by atoms with Crippen LogP contribution in [0.3, 0.4) is 0 Å². The number of hydrogen-bond acceptors (Lipinski definition) is 5. The van der Waals surface area contributed by atoms with Gasteiger partial charge in [-0.2, -0.15) is 20.1 Å². The first-order valence-corrected chi connectivity index (χ1v) is 8.35. The minimum absolute atomic E-state index is 0.0967. The highest BCUT2D eigenvalue weighted by atomic mass is 16.5. The Hall–Kier alpha value is -2.41. The van der Waals surface area contributed by atoms with Crippen molar-refractivity contribution < 1.29 is 9.47 Å². The molecule has 24 heavy (non-hydrogen) atoms. The van der Waals surface area contributed by atoms with Crippen LogP contribution in [0, 0.1) is 0 Å². The number of aromatic amines is 1. The van der Waals surface area contributed by atoms with Crippen LogP contribution >= 0.6 is 0 Å². The molecule has 1 aromatic carbocycles. The minimum Gasteiger partial charge on any atom is -0.491 e. The summed E-state index contributed by atoms with van der Waals surface area (Å²) in [7, 11) is 0. The van der Waals surface area contributed by atoms with Gasteiger partial charge in [0.15, 0.2) is 0 Å². The Morgan fingerprint density at radius 2 is 2.08 bits per heavy atom. The second-order valence-electron chi connectivity index (χ2n) is 6.30. The molecule has 126 valence electrons. The zero-order chi connectivity index (χ0) is 16.5. The molecule has 0 amide bonds. The van der Waals surface area contributed by atoms with Crippen LogP contribution in [0.25, 0.3) is 22.3 Å². The Labute approximate surface area is 140 Å². The quantitative estimate of drug-likeness (QED) is 0.687. The molecule has 4 rings (SSSR count). The lowest BCUT2D eigenvalue weighted by molar-refractivity contribution is 0.0889. The SMILES string of the molecule is C[C@@H]1CCOCC[C@@H](C)n2ncc(n2)-c2n[nH]c3ccc(cc23)O1. The van der Waals surface area contributed by atoms with Gasteiger partial charge >= 0.3 is 0 Å². The maximum Gasteiger partial charge on any atom is 0.133 e. The number of hydrogen-bond donors (Lipinski definition) is 1. The molecule has 0 radical (unpaired) electrons. The minimum atomic E-state index is 0.0967. The van der Waals surface area contributed by atoms with Gasteiger partial charge in [0.1, 0.15) is 17.1 Å². The van der Waals surface area contributed by atoms with Crippen molar-refractivity contribution in [3.8, 4) is 17.1 Å². The zero-order valence-electron chi connectivity index (χ0n) is 13.9. The third kappa shape index (κ3) is 2.87. The Kier molecular flexibility index (Phi) is 3.93. The van der Waals surface area contributed by atoms with Crippen LogP contribution in [0.1, 0.15) is 32.7 Å². The summed E-state index contributed by atoms with van der Waals surface area (Å²) in [6, 6.07) is 6.13. The molecule has 0 aliphatic carbocycles. The van der Waals surface area contributed by atoms with Crippen LogP contribution in [0.5, 0.6) is 5.75 Å². The van der Waals surface area contributed by atoms with Crippen LogP contribution in [0.2, 0.25) is 0 Å². The van der Waals surface area contributed by atoms with E-state index in [1.54, 1.807) is 11.0 Å². The van der Waals surface area contributed by atoms with Gasteiger partial charge < -0.3 is 9.47 Å². The number of ether oxygens (including phenoxy) is 2. The average molecular weight is 327 g/mol. The highest BCUT2D eigenvalue weighted by Crippen LogP contribution is 2.29. The monoisotopic (exact) mass is 327 g/mol. The van der Waals surface area contributed by atoms with E-state index in [0.717, 1.165) is 40.9 Å². The fraction of sp³-hybridized carbons (Fsp3) is 0.471. The van der Waals surface area contributed by atoms with E-state index in [1.165, 1.54) is 0 Å². The van der Waals surface area contributed by atoms with Crippen LogP contribution in [0.4, 0.5) is 0 Å². The molecular formula is C17H21N5O2. The second-order valence-corrected chi connectivity index (χ2v) is 6.30. The van der Waals surface area contributed by atoms with E-state index in [1.807, 2.05) is 18.2 Å². The predicted octanol–water partition coefficient (Wildman–Crippen LogP) is 2.96. The van der Waals surface area contributed by atoms with Crippen molar-refractivity contribution in [2.45, 2.75) is 38.8 Å². The maximum absolute atomic E-state index is 6.02. The number of fused-ring (bicyclic) bond motifs is 4. The van der Waals surface area contributed by atoms with Crippen LogP contribution in [0.15, 0.2) is 24.4 Å². The van der Waals surface area contributed by atoms with Gasteiger partial charge in [-0.1, -0.05) is 0 Å². The summed E-state index contributed by atoms with van der Waals surface area (Å²) in [6.45, 7) is 5.53. The van der Waals surface area contributed by atoms with Gasteiger partial charge in [-0.15, -0.1) is 0 Å². The van der Waals surface area contributed by atoms with Crippen LogP contribution in [-0.4, -0.2) is 44.5 Å². The number of aromatic nitrogens is 5. The molecule has 3 aromatic rings. The molecule has 7 heteroatoms. The summed E-state index contributed by atoms with van der Waals surface area (Å²) in [5, 5.41) is 17.4. The van der Waals surface area contributed by atoms with Crippen molar-refractivity contribution >= 4 is 10.9 Å². The predicted molar refractivity (Wildman–Crippen MR) is 90.0 cm³/mol. The molecule has 0 saturated carbocycles. The summed E-state index contributed by atoms with van der Waals surface area (Å²) < 4.78 is 11.7. The van der Waals surface area contributed by atoms with Crippen molar-refractivity contribution in [2.24, 2.45) is 0 Å². The van der Waals surface area contributed by atoms with Crippen molar-refractivity contribution in [3.05, 3.63) is 24.4 Å². The summed E-state index contributed by atoms with van der Waals surface area (Å²) in [5.74, 6) is 0.827. The molecule has 0 fully saturated rings. The molecule has 1 aliphatic rings. The van der Waals surface area contributed by atoms with E-state index in [2.05, 4.69) is 34.2 Å². The van der Waals surface area contributed by atoms with Gasteiger partial charge in [0.25, 0.3) is 0 Å². The summed E-state index contributed by atoms with van der Waals surface area (Å²) in [6.07, 6.45) is 3.58. The van der Waals surface area contributed by atoms with Gasteiger partial charge in [-0.3, -0.25) is 5.10 Å². The van der Waals surface area contributed by atoms with E-state index >= 15 is 0 Å². The van der Waals surface area contributed by atoms with Gasteiger partial charge in [-0.05, 0) is 38.5 Å². The largest absolute Gasteiger partial charge is 0.491 e. The standard InChI is InChI=1S/C17H21N5O2/c1-11-5-7-23-8-6-12(2)24-13-3-4-15-14(9-13)17(20-19-15)16-10-18-22(11)21-16/h3-4,9-12H,5-8H2,1-2H3,(H,19,20)/t11-,12-/m1/s1. The first-order chi connectivity index (χ1) is 11.7. The van der Waals surface area contributed by atoms with E-state index < -0.39 is 0 Å². The summed E-state index contributed by atoms with van der Waals surface area (Å²) in [4.78, 5) is 1.74. The number of benzene rings is 1. The fourth-order valence-corrected chi connectivity index (χ4v) is 2.87. The third-order valence-electron chi connectivity index (χ3n) is 4.37. The van der Waals surface area contributed by atoms with Crippen LogP contribution in [-0.2, 0) is 4.74 Å². The van der Waals surface area contributed by atoms with E-state index in [-0.39, 0.29) is 12.1 Å². The van der Waals surface area contributed by atoms with Gasteiger partial charge in [0.2, 0.25) is 0 Å². The molecule has 3 heterocycles.